The van der Waals surface area contributed by atoms with Crippen molar-refractivity contribution in [1.29, 1.82) is 0 Å². The summed E-state index contributed by atoms with van der Waals surface area (Å²) in [7, 11) is 3.47. The molecule has 1 heterocycles. The fourth-order valence-corrected chi connectivity index (χ4v) is 3.05. The van der Waals surface area contributed by atoms with Gasteiger partial charge < -0.3 is 15.2 Å². The molecule has 21 heavy (non-hydrogen) atoms. The molecule has 2 rings (SSSR count). The van der Waals surface area contributed by atoms with Gasteiger partial charge in [-0.2, -0.15) is 5.10 Å². The van der Waals surface area contributed by atoms with Gasteiger partial charge in [0.2, 0.25) is 5.91 Å². The minimum Gasteiger partial charge on any atom is -0.388 e. The van der Waals surface area contributed by atoms with Crippen molar-refractivity contribution in [2.24, 2.45) is 7.05 Å². The zero-order chi connectivity index (χ0) is 15.6. The Labute approximate surface area is 125 Å². The second kappa shape index (κ2) is 6.58. The molecule has 1 aromatic heterocycles. The van der Waals surface area contributed by atoms with Crippen LogP contribution in [-0.4, -0.2) is 46.2 Å². The van der Waals surface area contributed by atoms with Crippen LogP contribution in [0.2, 0.25) is 0 Å². The van der Waals surface area contributed by atoms with Gasteiger partial charge in [0.25, 0.3) is 0 Å². The van der Waals surface area contributed by atoms with Gasteiger partial charge in [-0.05, 0) is 33.1 Å². The number of methoxy groups -OCH3 is 1. The summed E-state index contributed by atoms with van der Waals surface area (Å²) in [5.74, 6) is -0.0741. The van der Waals surface area contributed by atoms with Crippen LogP contribution in [0.4, 0.5) is 0 Å². The van der Waals surface area contributed by atoms with Gasteiger partial charge in [0, 0.05) is 25.4 Å². The van der Waals surface area contributed by atoms with E-state index in [0.29, 0.717) is 6.42 Å². The number of ether oxygens (including phenoxy) is 1. The van der Waals surface area contributed by atoms with Crippen LogP contribution in [0.5, 0.6) is 0 Å². The molecule has 1 aliphatic carbocycles. The number of carbonyl (C=O) groups is 1. The van der Waals surface area contributed by atoms with Crippen molar-refractivity contribution >= 4 is 5.91 Å². The highest BCUT2D eigenvalue weighted by atomic mass is 16.5. The Balaban J connectivity index is 1.98. The highest BCUT2D eigenvalue weighted by molar-refractivity contribution is 5.79. The first-order valence-corrected chi connectivity index (χ1v) is 7.43. The molecule has 0 aliphatic heterocycles. The number of hydrogen-bond acceptors (Lipinski definition) is 4. The first-order chi connectivity index (χ1) is 9.93. The van der Waals surface area contributed by atoms with Gasteiger partial charge in [-0.25, -0.2) is 0 Å². The number of carbonyl (C=O) groups excluding carboxylic acids is 1. The smallest absolute Gasteiger partial charge is 0.224 e. The number of nitrogens with zero attached hydrogens (tertiary/aromatic N) is 2. The van der Waals surface area contributed by atoms with E-state index >= 15 is 0 Å². The lowest BCUT2D eigenvalue weighted by molar-refractivity contribution is -0.124. The lowest BCUT2D eigenvalue weighted by atomic mass is 9.89. The van der Waals surface area contributed by atoms with Crippen LogP contribution < -0.4 is 5.32 Å². The third-order valence-electron chi connectivity index (χ3n) is 4.44. The van der Waals surface area contributed by atoms with Crippen LogP contribution in [0, 0.1) is 13.8 Å². The number of hydrogen-bond donors (Lipinski definition) is 2. The van der Waals surface area contributed by atoms with Gasteiger partial charge in [-0.15, -0.1) is 0 Å². The molecule has 1 aromatic rings. The average molecular weight is 295 g/mol. The van der Waals surface area contributed by atoms with Gasteiger partial charge >= 0.3 is 0 Å². The van der Waals surface area contributed by atoms with Gasteiger partial charge in [-0.3, -0.25) is 9.48 Å². The third-order valence-corrected chi connectivity index (χ3v) is 4.44. The molecule has 0 saturated heterocycles. The summed E-state index contributed by atoms with van der Waals surface area (Å²) in [5.41, 5.74) is 2.84. The van der Waals surface area contributed by atoms with Crippen molar-refractivity contribution < 1.29 is 14.6 Å². The SMILES string of the molecule is CO[C@@H]1CCC[C@@H](NC(=O)Cc2c(C)nn(C)c2C)[C@H]1O. The van der Waals surface area contributed by atoms with Crippen molar-refractivity contribution in [3.8, 4) is 0 Å². The summed E-state index contributed by atoms with van der Waals surface area (Å²) in [6.07, 6.45) is 2.05. The summed E-state index contributed by atoms with van der Waals surface area (Å²) in [6, 6.07) is -0.228. The molecule has 0 aromatic carbocycles. The summed E-state index contributed by atoms with van der Waals surface area (Å²) in [6.45, 7) is 3.87. The van der Waals surface area contributed by atoms with Crippen molar-refractivity contribution in [3.63, 3.8) is 0 Å². The molecular formula is C15H25N3O3. The number of aryl methyl sites for hydroxylation is 2. The van der Waals surface area contributed by atoms with E-state index in [1.54, 1.807) is 11.8 Å². The molecule has 118 valence electrons. The molecule has 0 unspecified atom stereocenters. The number of aliphatic hydroxyl groups is 1. The van der Waals surface area contributed by atoms with Gasteiger partial charge in [0.1, 0.15) is 6.10 Å². The standard InChI is InChI=1S/C15H25N3O3/c1-9-11(10(2)18(3)17-9)8-14(19)16-12-6-5-7-13(21-4)15(12)20/h12-13,15,20H,5-8H2,1-4H3,(H,16,19)/t12-,13-,15-/m1/s1. The summed E-state index contributed by atoms with van der Waals surface area (Å²) < 4.78 is 7.05. The lowest BCUT2D eigenvalue weighted by Crippen LogP contribution is -2.51. The minimum atomic E-state index is -0.635. The summed E-state index contributed by atoms with van der Waals surface area (Å²) in [5, 5.41) is 17.5. The first kappa shape index (κ1) is 16.0. The Morgan fingerprint density at radius 3 is 2.76 bits per heavy atom. The van der Waals surface area contributed by atoms with E-state index in [2.05, 4.69) is 10.4 Å². The number of amides is 1. The summed E-state index contributed by atoms with van der Waals surface area (Å²) >= 11 is 0. The molecule has 6 heteroatoms. The Hall–Kier alpha value is -1.40. The monoisotopic (exact) mass is 295 g/mol. The number of aromatic nitrogens is 2. The second-order valence-electron chi connectivity index (χ2n) is 5.82. The Kier molecular flexibility index (Phi) is 5.00. The fourth-order valence-electron chi connectivity index (χ4n) is 3.05. The maximum absolute atomic E-state index is 12.2. The first-order valence-electron chi connectivity index (χ1n) is 7.43. The Morgan fingerprint density at radius 1 is 1.48 bits per heavy atom. The van der Waals surface area contributed by atoms with Crippen molar-refractivity contribution in [3.05, 3.63) is 17.0 Å². The number of nitrogens with one attached hydrogen (secondary N) is 1. The Morgan fingerprint density at radius 2 is 2.19 bits per heavy atom. The molecule has 1 aliphatic rings. The predicted octanol–water partition coefficient (Wildman–Crippen LogP) is 0.624. The van der Waals surface area contributed by atoms with E-state index in [1.165, 1.54) is 0 Å². The molecule has 0 spiro atoms. The Bertz CT molecular complexity index is 513. The van der Waals surface area contributed by atoms with Crippen molar-refractivity contribution in [2.75, 3.05) is 7.11 Å². The molecule has 2 N–H and O–H groups in total. The van der Waals surface area contributed by atoms with Crippen LogP contribution in [0.1, 0.15) is 36.2 Å². The van der Waals surface area contributed by atoms with Crippen LogP contribution in [0.15, 0.2) is 0 Å². The van der Waals surface area contributed by atoms with Crippen LogP contribution >= 0.6 is 0 Å². The van der Waals surface area contributed by atoms with E-state index in [1.807, 2.05) is 20.9 Å². The van der Waals surface area contributed by atoms with Crippen LogP contribution in [-0.2, 0) is 23.0 Å². The molecule has 1 amide bonds. The molecule has 6 nitrogen and oxygen atoms in total. The predicted molar refractivity (Wildman–Crippen MR) is 79.0 cm³/mol. The highest BCUT2D eigenvalue weighted by Crippen LogP contribution is 2.22. The maximum atomic E-state index is 12.2. The van der Waals surface area contributed by atoms with E-state index in [-0.39, 0.29) is 18.1 Å². The second-order valence-corrected chi connectivity index (χ2v) is 5.82. The number of rotatable bonds is 4. The van der Waals surface area contributed by atoms with Gasteiger partial charge in [-0.1, -0.05) is 0 Å². The largest absolute Gasteiger partial charge is 0.388 e. The van der Waals surface area contributed by atoms with E-state index in [9.17, 15) is 9.90 Å². The topological polar surface area (TPSA) is 76.4 Å². The molecule has 0 bridgehead atoms. The van der Waals surface area contributed by atoms with E-state index < -0.39 is 6.10 Å². The van der Waals surface area contributed by atoms with E-state index in [4.69, 9.17) is 4.74 Å². The van der Waals surface area contributed by atoms with Crippen LogP contribution in [0.25, 0.3) is 0 Å². The quantitative estimate of drug-likeness (QED) is 0.854. The zero-order valence-electron chi connectivity index (χ0n) is 13.2. The highest BCUT2D eigenvalue weighted by Gasteiger charge is 2.32. The van der Waals surface area contributed by atoms with Crippen molar-refractivity contribution in [1.82, 2.24) is 15.1 Å². The van der Waals surface area contributed by atoms with E-state index in [0.717, 1.165) is 36.2 Å². The van der Waals surface area contributed by atoms with Gasteiger partial charge in [0.15, 0.2) is 0 Å². The normalized spacial score (nSPS) is 25.9. The van der Waals surface area contributed by atoms with Crippen molar-refractivity contribution in [2.45, 2.75) is 57.8 Å². The minimum absolute atomic E-state index is 0.0741. The fraction of sp³-hybridized carbons (Fsp3) is 0.733. The summed E-state index contributed by atoms with van der Waals surface area (Å²) in [4.78, 5) is 12.2. The third kappa shape index (κ3) is 3.44. The molecule has 3 atom stereocenters. The molecular weight excluding hydrogens is 270 g/mol. The zero-order valence-corrected chi connectivity index (χ0v) is 13.2. The lowest BCUT2D eigenvalue weighted by Gasteiger charge is -2.34. The van der Waals surface area contributed by atoms with Gasteiger partial charge in [0.05, 0.1) is 24.3 Å². The number of aliphatic hydroxyl groups excluding tert-OH is 1. The molecule has 0 radical (unpaired) electrons. The maximum Gasteiger partial charge on any atom is 0.224 e. The van der Waals surface area contributed by atoms with Crippen LogP contribution in [0.3, 0.4) is 0 Å². The molecule has 1 fully saturated rings. The average Bonchev–Trinajstić information content (AvgIpc) is 2.68. The molecule has 1 saturated carbocycles.